The first-order chi connectivity index (χ1) is 6.99. The van der Waals surface area contributed by atoms with Crippen LogP contribution >= 0.6 is 0 Å². The lowest BCUT2D eigenvalue weighted by Gasteiger charge is -2.30. The van der Waals surface area contributed by atoms with Crippen molar-refractivity contribution in [1.82, 2.24) is 5.32 Å². The van der Waals surface area contributed by atoms with E-state index in [1.807, 2.05) is 27.7 Å². The van der Waals surface area contributed by atoms with Crippen LogP contribution in [0.15, 0.2) is 0 Å². The van der Waals surface area contributed by atoms with Gasteiger partial charge in [0.2, 0.25) is 0 Å². The molecule has 4 heteroatoms. The zero-order valence-electron chi connectivity index (χ0n) is 10.2. The molecule has 0 saturated heterocycles. The highest BCUT2D eigenvalue weighted by Gasteiger charge is 2.27. The standard InChI is InChI=1S/C11H23NO3/c1-5-11(6-2,8-13)12-10(14)15-7-9(3)4/h9,13H,5-8H2,1-4H3,(H,12,14). The maximum Gasteiger partial charge on any atom is 0.407 e. The van der Waals surface area contributed by atoms with Crippen LogP contribution in [0.1, 0.15) is 40.5 Å². The van der Waals surface area contributed by atoms with E-state index in [-0.39, 0.29) is 6.61 Å². The first kappa shape index (κ1) is 14.2. The lowest BCUT2D eigenvalue weighted by Crippen LogP contribution is -2.50. The van der Waals surface area contributed by atoms with Gasteiger partial charge in [-0.1, -0.05) is 27.7 Å². The Balaban J connectivity index is 4.11. The Kier molecular flexibility index (Phi) is 6.32. The minimum atomic E-state index is -0.534. The van der Waals surface area contributed by atoms with Gasteiger partial charge in [0, 0.05) is 0 Å². The van der Waals surface area contributed by atoms with Crippen LogP contribution in [0.4, 0.5) is 4.79 Å². The molecule has 2 N–H and O–H groups in total. The first-order valence-electron chi connectivity index (χ1n) is 5.55. The third-order valence-electron chi connectivity index (χ3n) is 2.57. The predicted molar refractivity (Wildman–Crippen MR) is 59.7 cm³/mol. The molecule has 0 atom stereocenters. The van der Waals surface area contributed by atoms with Crippen LogP contribution in [0.2, 0.25) is 0 Å². The van der Waals surface area contributed by atoms with E-state index in [1.165, 1.54) is 0 Å². The first-order valence-corrected chi connectivity index (χ1v) is 5.55. The van der Waals surface area contributed by atoms with E-state index >= 15 is 0 Å². The molecule has 0 aliphatic carbocycles. The van der Waals surface area contributed by atoms with Gasteiger partial charge in [0.1, 0.15) is 0 Å². The van der Waals surface area contributed by atoms with Crippen molar-refractivity contribution in [2.24, 2.45) is 5.92 Å². The van der Waals surface area contributed by atoms with E-state index in [1.54, 1.807) is 0 Å². The topological polar surface area (TPSA) is 58.6 Å². The number of hydrogen-bond donors (Lipinski definition) is 2. The van der Waals surface area contributed by atoms with Crippen molar-refractivity contribution in [2.75, 3.05) is 13.2 Å². The second-order valence-corrected chi connectivity index (χ2v) is 4.26. The molecule has 0 aliphatic rings. The lowest BCUT2D eigenvalue weighted by molar-refractivity contribution is 0.0991. The number of rotatable bonds is 6. The molecule has 0 unspecified atom stereocenters. The van der Waals surface area contributed by atoms with Crippen LogP contribution in [0.5, 0.6) is 0 Å². The van der Waals surface area contributed by atoms with Crippen LogP contribution in [-0.2, 0) is 4.74 Å². The number of hydrogen-bond acceptors (Lipinski definition) is 3. The van der Waals surface area contributed by atoms with Crippen LogP contribution in [0.3, 0.4) is 0 Å². The molecule has 0 aromatic heterocycles. The van der Waals surface area contributed by atoms with Crippen molar-refractivity contribution >= 4 is 6.09 Å². The Morgan fingerprint density at radius 3 is 2.27 bits per heavy atom. The summed E-state index contributed by atoms with van der Waals surface area (Å²) in [6, 6.07) is 0. The van der Waals surface area contributed by atoms with Gasteiger partial charge >= 0.3 is 6.09 Å². The van der Waals surface area contributed by atoms with Gasteiger partial charge < -0.3 is 15.2 Å². The second-order valence-electron chi connectivity index (χ2n) is 4.26. The molecule has 0 rings (SSSR count). The molecule has 0 fully saturated rings. The molecular weight excluding hydrogens is 194 g/mol. The fourth-order valence-electron chi connectivity index (χ4n) is 1.18. The van der Waals surface area contributed by atoms with Crippen molar-refractivity contribution in [3.63, 3.8) is 0 Å². The molecule has 4 nitrogen and oxygen atoms in total. The van der Waals surface area contributed by atoms with E-state index in [0.29, 0.717) is 25.4 Å². The Bertz CT molecular complexity index is 180. The number of aliphatic hydroxyl groups is 1. The second kappa shape index (κ2) is 6.67. The van der Waals surface area contributed by atoms with Gasteiger partial charge in [-0.25, -0.2) is 4.79 Å². The summed E-state index contributed by atoms with van der Waals surface area (Å²) in [6.07, 6.45) is 0.939. The number of nitrogens with one attached hydrogen (secondary N) is 1. The SMILES string of the molecule is CCC(CC)(CO)NC(=O)OCC(C)C. The summed E-state index contributed by atoms with van der Waals surface area (Å²) in [5, 5.41) is 12.0. The summed E-state index contributed by atoms with van der Waals surface area (Å²) in [5.74, 6) is 0.322. The molecule has 0 spiro atoms. The summed E-state index contributed by atoms with van der Waals surface area (Å²) < 4.78 is 5.00. The molecule has 90 valence electrons. The summed E-state index contributed by atoms with van der Waals surface area (Å²) >= 11 is 0. The molecule has 0 aromatic rings. The third kappa shape index (κ3) is 5.02. The van der Waals surface area contributed by atoms with Crippen molar-refractivity contribution in [3.05, 3.63) is 0 Å². The van der Waals surface area contributed by atoms with E-state index < -0.39 is 11.6 Å². The number of carbonyl (C=O) groups excluding carboxylic acids is 1. The van der Waals surface area contributed by atoms with E-state index in [2.05, 4.69) is 5.32 Å². The Labute approximate surface area is 92.0 Å². The van der Waals surface area contributed by atoms with Gasteiger partial charge in [0.15, 0.2) is 0 Å². The van der Waals surface area contributed by atoms with Crippen LogP contribution in [0.25, 0.3) is 0 Å². The van der Waals surface area contributed by atoms with Crippen LogP contribution < -0.4 is 5.32 Å². The van der Waals surface area contributed by atoms with Crippen LogP contribution in [0, 0.1) is 5.92 Å². The van der Waals surface area contributed by atoms with Crippen LogP contribution in [-0.4, -0.2) is 30.0 Å². The summed E-state index contributed by atoms with van der Waals surface area (Å²) in [5.41, 5.74) is -0.534. The van der Waals surface area contributed by atoms with Gasteiger partial charge in [-0.2, -0.15) is 0 Å². The minimum absolute atomic E-state index is 0.0588. The minimum Gasteiger partial charge on any atom is -0.449 e. The summed E-state index contributed by atoms with van der Waals surface area (Å²) in [6.45, 7) is 8.17. The van der Waals surface area contributed by atoms with E-state index in [0.717, 1.165) is 0 Å². The van der Waals surface area contributed by atoms with E-state index in [4.69, 9.17) is 4.74 Å². The Morgan fingerprint density at radius 1 is 1.40 bits per heavy atom. The third-order valence-corrected chi connectivity index (χ3v) is 2.57. The maximum absolute atomic E-state index is 11.4. The van der Waals surface area contributed by atoms with Crippen molar-refractivity contribution in [2.45, 2.75) is 46.1 Å². The molecule has 0 heterocycles. The number of aliphatic hydroxyl groups excluding tert-OH is 1. The quantitative estimate of drug-likeness (QED) is 0.714. The van der Waals surface area contributed by atoms with Crippen molar-refractivity contribution in [1.29, 1.82) is 0 Å². The summed E-state index contributed by atoms with van der Waals surface area (Å²) in [7, 11) is 0. The van der Waals surface area contributed by atoms with Crippen molar-refractivity contribution in [3.8, 4) is 0 Å². The average molecular weight is 217 g/mol. The highest BCUT2D eigenvalue weighted by Crippen LogP contribution is 2.14. The monoisotopic (exact) mass is 217 g/mol. The smallest absolute Gasteiger partial charge is 0.407 e. The molecule has 0 saturated carbocycles. The largest absolute Gasteiger partial charge is 0.449 e. The molecule has 0 aromatic carbocycles. The van der Waals surface area contributed by atoms with Gasteiger partial charge in [0.25, 0.3) is 0 Å². The Morgan fingerprint density at radius 2 is 1.93 bits per heavy atom. The normalized spacial score (nSPS) is 11.6. The molecule has 15 heavy (non-hydrogen) atoms. The fraction of sp³-hybridized carbons (Fsp3) is 0.909. The van der Waals surface area contributed by atoms with Gasteiger partial charge in [-0.15, -0.1) is 0 Å². The highest BCUT2D eigenvalue weighted by atomic mass is 16.5. The number of amides is 1. The average Bonchev–Trinajstić information content (AvgIpc) is 2.23. The van der Waals surface area contributed by atoms with E-state index in [9.17, 15) is 9.90 Å². The van der Waals surface area contributed by atoms with Gasteiger partial charge in [0.05, 0.1) is 18.8 Å². The number of ether oxygens (including phenoxy) is 1. The summed E-state index contributed by atoms with van der Waals surface area (Å²) in [4.78, 5) is 11.4. The lowest BCUT2D eigenvalue weighted by atomic mass is 9.94. The number of carbonyl (C=O) groups is 1. The zero-order chi connectivity index (χ0) is 11.9. The van der Waals surface area contributed by atoms with Crippen molar-refractivity contribution < 1.29 is 14.6 Å². The molecule has 0 radical (unpaired) electrons. The molecule has 0 aliphatic heterocycles. The molecular formula is C11H23NO3. The zero-order valence-corrected chi connectivity index (χ0v) is 10.2. The molecule has 1 amide bonds. The van der Waals surface area contributed by atoms with Gasteiger partial charge in [-0.05, 0) is 18.8 Å². The fourth-order valence-corrected chi connectivity index (χ4v) is 1.18. The number of alkyl carbamates (subject to hydrolysis) is 1. The molecule has 0 bridgehead atoms. The Hall–Kier alpha value is -0.770. The highest BCUT2D eigenvalue weighted by molar-refractivity contribution is 5.68. The predicted octanol–water partition coefficient (Wildman–Crippen LogP) is 1.92. The van der Waals surface area contributed by atoms with Gasteiger partial charge in [-0.3, -0.25) is 0 Å². The maximum atomic E-state index is 11.4.